The van der Waals surface area contributed by atoms with Crippen molar-refractivity contribution in [1.29, 1.82) is 0 Å². The first-order valence-corrected chi connectivity index (χ1v) is 7.66. The molecule has 3 N–H and O–H groups in total. The molecule has 6 heteroatoms. The van der Waals surface area contributed by atoms with Gasteiger partial charge in [-0.1, -0.05) is 41.9 Å². The largest absolute Gasteiger partial charge is 0.384 e. The van der Waals surface area contributed by atoms with Gasteiger partial charge in [0.15, 0.2) is 5.82 Å². The minimum Gasteiger partial charge on any atom is -0.384 e. The number of halogens is 2. The molecular weight excluding hydrogens is 327 g/mol. The number of nitrogens with zero attached hydrogens (tertiary/aromatic N) is 2. The number of nitrogens with two attached hydrogens (primary N) is 1. The van der Waals surface area contributed by atoms with Gasteiger partial charge in [-0.25, -0.2) is 14.4 Å². The van der Waals surface area contributed by atoms with Gasteiger partial charge in [0.05, 0.1) is 11.2 Å². The van der Waals surface area contributed by atoms with Crippen LogP contribution in [0.4, 0.5) is 10.2 Å². The quantitative estimate of drug-likeness (QED) is 0.558. The number of nitrogens with one attached hydrogen (secondary N) is 1. The first-order chi connectivity index (χ1) is 11.6. The first-order valence-electron chi connectivity index (χ1n) is 7.28. The average Bonchev–Trinajstić information content (AvgIpc) is 2.99. The van der Waals surface area contributed by atoms with Gasteiger partial charge in [-0.2, -0.15) is 0 Å². The second kappa shape index (κ2) is 5.62. The van der Waals surface area contributed by atoms with Gasteiger partial charge in [0.25, 0.3) is 0 Å². The van der Waals surface area contributed by atoms with Gasteiger partial charge in [0, 0.05) is 33.8 Å². The van der Waals surface area contributed by atoms with Crippen molar-refractivity contribution in [3.8, 4) is 22.6 Å². The molecule has 2 aromatic carbocycles. The predicted molar refractivity (Wildman–Crippen MR) is 94.1 cm³/mol. The molecule has 0 unspecified atom stereocenters. The molecule has 24 heavy (non-hydrogen) atoms. The second-order valence-electron chi connectivity index (χ2n) is 5.38. The maximum Gasteiger partial charge on any atom is 0.164 e. The lowest BCUT2D eigenvalue weighted by atomic mass is 10.1. The molecule has 0 aliphatic rings. The number of nitrogen functional groups attached to an aromatic ring is 1. The zero-order chi connectivity index (χ0) is 16.7. The number of fused-ring (bicyclic) bond motifs is 1. The van der Waals surface area contributed by atoms with Crippen LogP contribution in [0.3, 0.4) is 0 Å². The van der Waals surface area contributed by atoms with Gasteiger partial charge in [-0.15, -0.1) is 0 Å². The van der Waals surface area contributed by atoms with Crippen LogP contribution in [0.15, 0.2) is 54.7 Å². The van der Waals surface area contributed by atoms with E-state index in [1.807, 2.05) is 30.3 Å². The summed E-state index contributed by atoms with van der Waals surface area (Å²) < 4.78 is 14.0. The molecule has 0 spiro atoms. The normalized spacial score (nSPS) is 11.1. The lowest BCUT2D eigenvalue weighted by Gasteiger charge is -2.06. The van der Waals surface area contributed by atoms with E-state index in [-0.39, 0.29) is 0 Å². The van der Waals surface area contributed by atoms with E-state index in [1.54, 1.807) is 18.3 Å². The Morgan fingerprint density at radius 1 is 1.04 bits per heavy atom. The molecule has 0 fully saturated rings. The highest BCUT2D eigenvalue weighted by Crippen LogP contribution is 2.32. The molecule has 118 valence electrons. The lowest BCUT2D eigenvalue weighted by molar-refractivity contribution is 0.637. The van der Waals surface area contributed by atoms with Crippen molar-refractivity contribution in [1.82, 2.24) is 15.0 Å². The number of aromatic nitrogens is 3. The zero-order valence-corrected chi connectivity index (χ0v) is 13.2. The van der Waals surface area contributed by atoms with Gasteiger partial charge >= 0.3 is 0 Å². The molecule has 2 aromatic heterocycles. The maximum absolute atomic E-state index is 14.0. The van der Waals surface area contributed by atoms with Crippen LogP contribution in [0, 0.1) is 5.82 Å². The summed E-state index contributed by atoms with van der Waals surface area (Å²) in [6, 6.07) is 14.3. The molecule has 0 amide bonds. The molecule has 2 heterocycles. The number of hydrogen-bond donors (Lipinski definition) is 2. The molecule has 0 saturated heterocycles. The Morgan fingerprint density at radius 2 is 1.83 bits per heavy atom. The monoisotopic (exact) mass is 338 g/mol. The van der Waals surface area contributed by atoms with Crippen molar-refractivity contribution in [2.75, 3.05) is 5.73 Å². The molecule has 0 aliphatic carbocycles. The van der Waals surface area contributed by atoms with E-state index in [2.05, 4.69) is 15.0 Å². The summed E-state index contributed by atoms with van der Waals surface area (Å²) in [5, 5.41) is 0.928. The van der Waals surface area contributed by atoms with E-state index >= 15 is 0 Å². The zero-order valence-electron chi connectivity index (χ0n) is 12.4. The number of H-pyrrole nitrogens is 1. The maximum atomic E-state index is 14.0. The summed E-state index contributed by atoms with van der Waals surface area (Å²) in [6.07, 6.45) is 1.66. The molecule has 0 aliphatic heterocycles. The molecule has 4 aromatic rings. The van der Waals surface area contributed by atoms with Gasteiger partial charge in [-0.3, -0.25) is 0 Å². The third-order valence-corrected chi connectivity index (χ3v) is 3.98. The van der Waals surface area contributed by atoms with Crippen LogP contribution in [0.25, 0.3) is 33.5 Å². The van der Waals surface area contributed by atoms with E-state index in [0.717, 1.165) is 5.56 Å². The summed E-state index contributed by atoms with van der Waals surface area (Å²) in [5.41, 5.74) is 8.59. The van der Waals surface area contributed by atoms with Crippen LogP contribution in [0.1, 0.15) is 0 Å². The summed E-state index contributed by atoms with van der Waals surface area (Å²) in [7, 11) is 0. The van der Waals surface area contributed by atoms with E-state index in [1.165, 1.54) is 6.07 Å². The number of benzene rings is 2. The summed E-state index contributed by atoms with van der Waals surface area (Å²) in [4.78, 5) is 11.8. The van der Waals surface area contributed by atoms with E-state index in [4.69, 9.17) is 17.3 Å². The van der Waals surface area contributed by atoms with E-state index < -0.39 is 5.82 Å². The third kappa shape index (κ3) is 2.49. The molecule has 4 nitrogen and oxygen atoms in total. The van der Waals surface area contributed by atoms with Crippen molar-refractivity contribution in [2.24, 2.45) is 0 Å². The van der Waals surface area contributed by atoms with Crippen LogP contribution in [-0.4, -0.2) is 15.0 Å². The van der Waals surface area contributed by atoms with Gasteiger partial charge < -0.3 is 10.7 Å². The molecule has 0 atom stereocenters. The number of rotatable bonds is 2. The third-order valence-electron chi connectivity index (χ3n) is 3.76. The number of hydrogen-bond acceptors (Lipinski definition) is 3. The Kier molecular flexibility index (Phi) is 3.43. The lowest BCUT2D eigenvalue weighted by Crippen LogP contribution is -1.97. The van der Waals surface area contributed by atoms with Crippen molar-refractivity contribution < 1.29 is 4.39 Å². The van der Waals surface area contributed by atoms with Crippen molar-refractivity contribution in [3.05, 3.63) is 65.6 Å². The Bertz CT molecular complexity index is 1040. The Balaban J connectivity index is 1.93. The van der Waals surface area contributed by atoms with Crippen LogP contribution in [0.5, 0.6) is 0 Å². The van der Waals surface area contributed by atoms with Crippen LogP contribution in [0.2, 0.25) is 5.02 Å². The molecular formula is C18H12ClFN4. The fourth-order valence-electron chi connectivity index (χ4n) is 2.68. The minimum atomic E-state index is -0.420. The fourth-order valence-corrected chi connectivity index (χ4v) is 2.89. The summed E-state index contributed by atoms with van der Waals surface area (Å²) in [6.45, 7) is 0. The Morgan fingerprint density at radius 3 is 2.62 bits per heavy atom. The van der Waals surface area contributed by atoms with E-state index in [0.29, 0.717) is 38.8 Å². The fraction of sp³-hybridized carbons (Fsp3) is 0. The second-order valence-corrected chi connectivity index (χ2v) is 5.82. The van der Waals surface area contributed by atoms with Crippen LogP contribution >= 0.6 is 11.6 Å². The minimum absolute atomic E-state index is 0.313. The van der Waals surface area contributed by atoms with Crippen LogP contribution in [-0.2, 0) is 0 Å². The highest BCUT2D eigenvalue weighted by Gasteiger charge is 2.14. The standard InChI is InChI=1S/C18H12ClFN4/c19-11-6-12-13(9-22-17(12)14(20)7-11)18-23-15(8-16(21)24-18)10-4-2-1-3-5-10/h1-9,22H,(H2,21,23,24). The highest BCUT2D eigenvalue weighted by molar-refractivity contribution is 6.31. The van der Waals surface area contributed by atoms with E-state index in [9.17, 15) is 4.39 Å². The first kappa shape index (κ1) is 14.7. The smallest absolute Gasteiger partial charge is 0.164 e. The van der Waals surface area contributed by atoms with Gasteiger partial charge in [0.1, 0.15) is 11.6 Å². The van der Waals surface area contributed by atoms with Crippen molar-refractivity contribution >= 4 is 28.3 Å². The SMILES string of the molecule is Nc1cc(-c2ccccc2)nc(-c2c[nH]c3c(F)cc(Cl)cc23)n1. The van der Waals surface area contributed by atoms with Crippen molar-refractivity contribution in [3.63, 3.8) is 0 Å². The highest BCUT2D eigenvalue weighted by atomic mass is 35.5. The number of anilines is 1. The van der Waals surface area contributed by atoms with Gasteiger partial charge in [-0.05, 0) is 12.1 Å². The Hall–Kier alpha value is -2.92. The van der Waals surface area contributed by atoms with Crippen LogP contribution < -0.4 is 5.73 Å². The van der Waals surface area contributed by atoms with Gasteiger partial charge in [0.2, 0.25) is 0 Å². The Labute approximate surface area is 142 Å². The summed E-state index contributed by atoms with van der Waals surface area (Å²) in [5.74, 6) is 0.341. The molecule has 0 bridgehead atoms. The topological polar surface area (TPSA) is 67.6 Å². The van der Waals surface area contributed by atoms with Crippen molar-refractivity contribution in [2.45, 2.75) is 0 Å². The predicted octanol–water partition coefficient (Wildman–Crippen LogP) is 4.67. The molecule has 4 rings (SSSR count). The molecule has 0 radical (unpaired) electrons. The average molecular weight is 339 g/mol. The number of aromatic amines is 1. The summed E-state index contributed by atoms with van der Waals surface area (Å²) >= 11 is 5.98. The molecule has 0 saturated carbocycles.